The lowest BCUT2D eigenvalue weighted by Crippen LogP contribution is -2.31. The smallest absolute Gasteiger partial charge is 0.337 e. The van der Waals surface area contributed by atoms with Gasteiger partial charge in [-0.05, 0) is 56.9 Å². The molecule has 1 unspecified atom stereocenters. The van der Waals surface area contributed by atoms with Gasteiger partial charge in [-0.25, -0.2) is 9.78 Å². The first-order valence-corrected chi connectivity index (χ1v) is 8.47. The van der Waals surface area contributed by atoms with Crippen LogP contribution >= 0.6 is 0 Å². The van der Waals surface area contributed by atoms with E-state index in [4.69, 9.17) is 5.11 Å². The van der Waals surface area contributed by atoms with E-state index < -0.39 is 5.97 Å². The number of likely N-dealkylation sites (tertiary alicyclic amines) is 1. The Bertz CT molecular complexity index is 845. The van der Waals surface area contributed by atoms with Crippen LogP contribution in [0, 0.1) is 20.8 Å². The molecule has 5 heteroatoms. The highest BCUT2D eigenvalue weighted by atomic mass is 16.4. The zero-order valence-electron chi connectivity index (χ0n) is 14.7. The molecule has 2 heterocycles. The van der Waals surface area contributed by atoms with Crippen molar-refractivity contribution >= 4 is 11.9 Å². The van der Waals surface area contributed by atoms with E-state index in [-0.39, 0.29) is 17.5 Å². The van der Waals surface area contributed by atoms with Crippen LogP contribution in [0.15, 0.2) is 30.3 Å². The summed E-state index contributed by atoms with van der Waals surface area (Å²) >= 11 is 0. The third-order valence-electron chi connectivity index (χ3n) is 4.84. The molecule has 0 spiro atoms. The van der Waals surface area contributed by atoms with Crippen molar-refractivity contribution in [2.45, 2.75) is 39.7 Å². The first kappa shape index (κ1) is 17.1. The summed E-state index contributed by atoms with van der Waals surface area (Å²) in [6.07, 6.45) is 1.89. The monoisotopic (exact) mass is 338 g/mol. The number of rotatable bonds is 3. The van der Waals surface area contributed by atoms with Crippen molar-refractivity contribution in [1.29, 1.82) is 0 Å². The number of aromatic carboxylic acids is 1. The number of carbonyl (C=O) groups is 2. The second-order valence-electron chi connectivity index (χ2n) is 6.65. The van der Waals surface area contributed by atoms with Crippen molar-refractivity contribution in [3.63, 3.8) is 0 Å². The number of pyridine rings is 1. The summed E-state index contributed by atoms with van der Waals surface area (Å²) in [4.78, 5) is 30.2. The van der Waals surface area contributed by atoms with Gasteiger partial charge in [-0.3, -0.25) is 4.79 Å². The molecule has 2 aromatic rings. The molecular weight excluding hydrogens is 316 g/mol. The highest BCUT2D eigenvalue weighted by Gasteiger charge is 2.32. The minimum Gasteiger partial charge on any atom is -0.478 e. The number of hydrogen-bond acceptors (Lipinski definition) is 3. The van der Waals surface area contributed by atoms with Crippen LogP contribution in [0.25, 0.3) is 0 Å². The van der Waals surface area contributed by atoms with Crippen LogP contribution in [0.2, 0.25) is 0 Å². The molecule has 25 heavy (non-hydrogen) atoms. The standard InChI is InChI=1S/C20H22N2O3/c1-12-6-7-13(2)16(11-12)18-5-4-10-22(18)19(23)17-9-8-15(20(24)25)14(3)21-17/h6-9,11,18H,4-5,10H2,1-3H3,(H,24,25). The SMILES string of the molecule is Cc1ccc(C)c(C2CCCN2C(=O)c2ccc(C(=O)O)c(C)n2)c1. The number of amides is 1. The molecule has 1 saturated heterocycles. The third kappa shape index (κ3) is 3.27. The zero-order valence-corrected chi connectivity index (χ0v) is 14.7. The number of carbonyl (C=O) groups excluding carboxylic acids is 1. The molecule has 1 aliphatic heterocycles. The van der Waals surface area contributed by atoms with Gasteiger partial charge in [0.2, 0.25) is 0 Å². The number of carboxylic acids is 1. The molecule has 5 nitrogen and oxygen atoms in total. The summed E-state index contributed by atoms with van der Waals surface area (Å²) in [5.41, 5.74) is 4.34. The first-order valence-electron chi connectivity index (χ1n) is 8.47. The number of carboxylic acid groups (broad SMARTS) is 1. The van der Waals surface area contributed by atoms with Crippen LogP contribution in [0.1, 0.15) is 62.1 Å². The van der Waals surface area contributed by atoms with Gasteiger partial charge in [0.05, 0.1) is 17.3 Å². The second-order valence-corrected chi connectivity index (χ2v) is 6.65. The Balaban J connectivity index is 1.92. The van der Waals surface area contributed by atoms with Crippen molar-refractivity contribution in [2.75, 3.05) is 6.54 Å². The van der Waals surface area contributed by atoms with Gasteiger partial charge in [0.25, 0.3) is 5.91 Å². The van der Waals surface area contributed by atoms with E-state index >= 15 is 0 Å². The van der Waals surface area contributed by atoms with E-state index in [1.54, 1.807) is 6.92 Å². The fourth-order valence-electron chi connectivity index (χ4n) is 3.51. The van der Waals surface area contributed by atoms with Crippen LogP contribution < -0.4 is 0 Å². The van der Waals surface area contributed by atoms with Crippen LogP contribution in [-0.4, -0.2) is 33.4 Å². The summed E-state index contributed by atoms with van der Waals surface area (Å²) < 4.78 is 0. The molecule has 0 aliphatic carbocycles. The topological polar surface area (TPSA) is 70.5 Å². The predicted molar refractivity (Wildman–Crippen MR) is 94.9 cm³/mol. The maximum Gasteiger partial charge on any atom is 0.337 e. The number of nitrogens with zero attached hydrogens (tertiary/aromatic N) is 2. The average Bonchev–Trinajstić information content (AvgIpc) is 3.05. The lowest BCUT2D eigenvalue weighted by Gasteiger charge is -2.26. The van der Waals surface area contributed by atoms with Gasteiger partial charge in [0.15, 0.2) is 0 Å². The first-order chi connectivity index (χ1) is 11.9. The third-order valence-corrected chi connectivity index (χ3v) is 4.84. The summed E-state index contributed by atoms with van der Waals surface area (Å²) in [6.45, 7) is 6.43. The Morgan fingerprint density at radius 2 is 1.92 bits per heavy atom. The summed E-state index contributed by atoms with van der Waals surface area (Å²) in [5, 5.41) is 9.12. The summed E-state index contributed by atoms with van der Waals surface area (Å²) in [5.74, 6) is -1.16. The van der Waals surface area contributed by atoms with Crippen LogP contribution in [-0.2, 0) is 0 Å². The quantitative estimate of drug-likeness (QED) is 0.927. The molecular formula is C20H22N2O3. The fourth-order valence-corrected chi connectivity index (χ4v) is 3.51. The highest BCUT2D eigenvalue weighted by Crippen LogP contribution is 2.35. The number of aromatic nitrogens is 1. The lowest BCUT2D eigenvalue weighted by molar-refractivity contribution is 0.0689. The normalized spacial score (nSPS) is 16.9. The fraction of sp³-hybridized carbons (Fsp3) is 0.350. The van der Waals surface area contributed by atoms with Gasteiger partial charge in [-0.15, -0.1) is 0 Å². The minimum atomic E-state index is -1.03. The van der Waals surface area contributed by atoms with Crippen molar-refractivity contribution in [3.05, 3.63) is 64.0 Å². The molecule has 1 atom stereocenters. The van der Waals surface area contributed by atoms with Gasteiger partial charge < -0.3 is 10.0 Å². The molecule has 0 saturated carbocycles. The van der Waals surface area contributed by atoms with E-state index in [9.17, 15) is 9.59 Å². The molecule has 1 aliphatic rings. The Hall–Kier alpha value is -2.69. The Kier molecular flexibility index (Phi) is 4.57. The van der Waals surface area contributed by atoms with Crippen molar-refractivity contribution in [3.8, 4) is 0 Å². The van der Waals surface area contributed by atoms with E-state index in [1.807, 2.05) is 4.90 Å². The van der Waals surface area contributed by atoms with E-state index in [2.05, 4.69) is 37.0 Å². The maximum absolute atomic E-state index is 13.0. The summed E-state index contributed by atoms with van der Waals surface area (Å²) in [6, 6.07) is 9.34. The molecule has 1 fully saturated rings. The highest BCUT2D eigenvalue weighted by molar-refractivity contribution is 5.94. The molecule has 1 aromatic carbocycles. The molecule has 3 rings (SSSR count). The Morgan fingerprint density at radius 3 is 2.60 bits per heavy atom. The van der Waals surface area contributed by atoms with Crippen LogP contribution in [0.5, 0.6) is 0 Å². The Labute approximate surface area is 147 Å². The number of benzene rings is 1. The molecule has 130 valence electrons. The van der Waals surface area contributed by atoms with Crippen LogP contribution in [0.4, 0.5) is 0 Å². The summed E-state index contributed by atoms with van der Waals surface area (Å²) in [7, 11) is 0. The second kappa shape index (κ2) is 6.67. The van der Waals surface area contributed by atoms with Gasteiger partial charge in [-0.1, -0.05) is 23.8 Å². The zero-order chi connectivity index (χ0) is 18.1. The number of hydrogen-bond donors (Lipinski definition) is 1. The Morgan fingerprint density at radius 1 is 1.16 bits per heavy atom. The van der Waals surface area contributed by atoms with Crippen molar-refractivity contribution in [1.82, 2.24) is 9.88 Å². The van der Waals surface area contributed by atoms with Gasteiger partial charge in [-0.2, -0.15) is 0 Å². The predicted octanol–water partition coefficient (Wildman–Crippen LogP) is 3.68. The molecule has 0 bridgehead atoms. The maximum atomic E-state index is 13.0. The van der Waals surface area contributed by atoms with E-state index in [1.165, 1.54) is 28.8 Å². The lowest BCUT2D eigenvalue weighted by atomic mass is 9.97. The van der Waals surface area contributed by atoms with Gasteiger partial charge in [0.1, 0.15) is 5.69 Å². The molecule has 1 N–H and O–H groups in total. The largest absolute Gasteiger partial charge is 0.478 e. The van der Waals surface area contributed by atoms with Gasteiger partial charge >= 0.3 is 5.97 Å². The van der Waals surface area contributed by atoms with E-state index in [0.29, 0.717) is 17.9 Å². The van der Waals surface area contributed by atoms with Crippen molar-refractivity contribution in [2.24, 2.45) is 0 Å². The van der Waals surface area contributed by atoms with Crippen LogP contribution in [0.3, 0.4) is 0 Å². The van der Waals surface area contributed by atoms with Gasteiger partial charge in [0, 0.05) is 6.54 Å². The minimum absolute atomic E-state index is 0.0497. The van der Waals surface area contributed by atoms with E-state index in [0.717, 1.165) is 12.8 Å². The molecule has 1 amide bonds. The average molecular weight is 338 g/mol. The molecule has 0 radical (unpaired) electrons. The number of aryl methyl sites for hydroxylation is 3. The molecule has 1 aromatic heterocycles. The van der Waals surface area contributed by atoms with Crippen molar-refractivity contribution < 1.29 is 14.7 Å².